The summed E-state index contributed by atoms with van der Waals surface area (Å²) in [4.78, 5) is 15.1. The lowest BCUT2D eigenvalue weighted by atomic mass is 9.96. The van der Waals surface area contributed by atoms with E-state index in [9.17, 15) is 4.79 Å². The van der Waals surface area contributed by atoms with Crippen LogP contribution in [-0.2, 0) is 0 Å². The topological polar surface area (TPSA) is 17.1 Å². The van der Waals surface area contributed by atoms with E-state index in [0.717, 1.165) is 43.1 Å². The standard InChI is InChI=1S/C25H18OS2/c1-3-17-15-27-24(21(17)19-11-7-5-8-12-19)23(26)25-22(18(4-2)16-28-25)20-13-9-6-10-14-20/h3-16H,1-2H2. The fraction of sp³-hybridized carbons (Fsp3) is 0. The zero-order chi connectivity index (χ0) is 19.5. The summed E-state index contributed by atoms with van der Waals surface area (Å²) in [7, 11) is 0. The highest BCUT2D eigenvalue weighted by molar-refractivity contribution is 7.16. The number of rotatable bonds is 6. The van der Waals surface area contributed by atoms with E-state index in [-0.39, 0.29) is 5.78 Å². The molecule has 0 amide bonds. The summed E-state index contributed by atoms with van der Waals surface area (Å²) >= 11 is 2.96. The smallest absolute Gasteiger partial charge is 0.214 e. The van der Waals surface area contributed by atoms with Gasteiger partial charge in [0.15, 0.2) is 0 Å². The van der Waals surface area contributed by atoms with E-state index in [1.807, 2.05) is 83.6 Å². The molecule has 0 saturated heterocycles. The van der Waals surface area contributed by atoms with Gasteiger partial charge < -0.3 is 0 Å². The molecule has 4 rings (SSSR count). The summed E-state index contributed by atoms with van der Waals surface area (Å²) in [6, 6.07) is 20.1. The van der Waals surface area contributed by atoms with Gasteiger partial charge in [-0.1, -0.05) is 86.0 Å². The van der Waals surface area contributed by atoms with Gasteiger partial charge in [0, 0.05) is 11.1 Å². The van der Waals surface area contributed by atoms with Crippen molar-refractivity contribution in [3.63, 3.8) is 0 Å². The number of hydrogen-bond donors (Lipinski definition) is 0. The highest BCUT2D eigenvalue weighted by Crippen LogP contribution is 2.40. The van der Waals surface area contributed by atoms with Crippen molar-refractivity contribution in [1.82, 2.24) is 0 Å². The molecule has 0 aliphatic carbocycles. The molecule has 0 saturated carbocycles. The number of benzene rings is 2. The van der Waals surface area contributed by atoms with Crippen molar-refractivity contribution in [3.8, 4) is 22.3 Å². The largest absolute Gasteiger partial charge is 0.287 e. The summed E-state index contributed by atoms with van der Waals surface area (Å²) in [5, 5.41) is 4.01. The number of hydrogen-bond acceptors (Lipinski definition) is 3. The zero-order valence-electron chi connectivity index (χ0n) is 15.2. The van der Waals surface area contributed by atoms with E-state index in [1.165, 1.54) is 22.7 Å². The molecule has 0 unspecified atom stereocenters. The SMILES string of the molecule is C=Cc1csc(C(=O)c2scc(C=C)c2-c2ccccc2)c1-c1ccccc1. The Hall–Kier alpha value is -3.01. The Balaban J connectivity index is 1.89. The normalized spacial score (nSPS) is 10.6. The Labute approximate surface area is 172 Å². The second-order valence-corrected chi connectivity index (χ2v) is 8.02. The minimum atomic E-state index is 0.0499. The maximum atomic E-state index is 13.6. The van der Waals surface area contributed by atoms with E-state index >= 15 is 0 Å². The van der Waals surface area contributed by atoms with Crippen LogP contribution in [0.2, 0.25) is 0 Å². The van der Waals surface area contributed by atoms with Crippen molar-refractivity contribution in [1.29, 1.82) is 0 Å². The summed E-state index contributed by atoms with van der Waals surface area (Å²) in [5.74, 6) is 0.0499. The molecule has 0 aliphatic heterocycles. The third-order valence-corrected chi connectivity index (χ3v) is 6.61. The van der Waals surface area contributed by atoms with Gasteiger partial charge >= 0.3 is 0 Å². The molecular weight excluding hydrogens is 380 g/mol. The van der Waals surface area contributed by atoms with E-state index in [1.54, 1.807) is 0 Å². The maximum absolute atomic E-state index is 13.6. The molecule has 0 spiro atoms. The molecule has 136 valence electrons. The van der Waals surface area contributed by atoms with Gasteiger partial charge in [-0.3, -0.25) is 4.79 Å². The predicted octanol–water partition coefficient (Wildman–Crippen LogP) is 7.66. The van der Waals surface area contributed by atoms with Gasteiger partial charge in [-0.25, -0.2) is 0 Å². The molecule has 1 nitrogen and oxygen atoms in total. The Bertz CT molecular complexity index is 1060. The zero-order valence-corrected chi connectivity index (χ0v) is 16.9. The molecule has 0 N–H and O–H groups in total. The first-order valence-electron chi connectivity index (χ1n) is 8.88. The second-order valence-electron chi connectivity index (χ2n) is 6.26. The summed E-state index contributed by atoms with van der Waals surface area (Å²) in [6.45, 7) is 7.86. The molecular formula is C25H18OS2. The molecule has 0 aliphatic rings. The van der Waals surface area contributed by atoms with Gasteiger partial charge in [-0.2, -0.15) is 0 Å². The average molecular weight is 399 g/mol. The Kier molecular flexibility index (Phi) is 5.20. The molecule has 3 heteroatoms. The number of thiophene rings is 2. The summed E-state index contributed by atoms with van der Waals surface area (Å²) in [5.41, 5.74) is 5.95. The van der Waals surface area contributed by atoms with Crippen molar-refractivity contribution in [3.05, 3.63) is 105 Å². The molecule has 0 atom stereocenters. The van der Waals surface area contributed by atoms with E-state index in [2.05, 4.69) is 13.2 Å². The van der Waals surface area contributed by atoms with E-state index < -0.39 is 0 Å². The third-order valence-electron chi connectivity index (χ3n) is 4.62. The average Bonchev–Trinajstić information content (AvgIpc) is 3.38. The van der Waals surface area contributed by atoms with Crippen molar-refractivity contribution >= 4 is 40.6 Å². The Morgan fingerprint density at radius 1 is 0.679 bits per heavy atom. The number of carbonyl (C=O) groups is 1. The molecule has 2 heterocycles. The molecule has 0 bridgehead atoms. The van der Waals surface area contributed by atoms with Crippen LogP contribution in [0.4, 0.5) is 0 Å². The van der Waals surface area contributed by atoms with Crippen LogP contribution in [0.25, 0.3) is 34.4 Å². The lowest BCUT2D eigenvalue weighted by molar-refractivity contribution is 0.104. The van der Waals surface area contributed by atoms with Crippen LogP contribution in [0, 0.1) is 0 Å². The summed E-state index contributed by atoms with van der Waals surface area (Å²) < 4.78 is 0. The highest BCUT2D eigenvalue weighted by atomic mass is 32.1. The first-order chi connectivity index (χ1) is 13.7. The predicted molar refractivity (Wildman–Crippen MR) is 123 cm³/mol. The lowest BCUT2D eigenvalue weighted by Crippen LogP contribution is -2.01. The third kappa shape index (κ3) is 3.19. The van der Waals surface area contributed by atoms with Gasteiger partial charge in [0.25, 0.3) is 0 Å². The van der Waals surface area contributed by atoms with Gasteiger partial charge in [-0.05, 0) is 33.0 Å². The van der Waals surface area contributed by atoms with Crippen LogP contribution in [0.1, 0.15) is 25.7 Å². The number of carbonyl (C=O) groups excluding carboxylic acids is 1. The maximum Gasteiger partial charge on any atom is 0.214 e. The minimum absolute atomic E-state index is 0.0499. The monoisotopic (exact) mass is 398 g/mol. The van der Waals surface area contributed by atoms with Gasteiger partial charge in [-0.15, -0.1) is 22.7 Å². The van der Waals surface area contributed by atoms with Crippen molar-refractivity contribution < 1.29 is 4.79 Å². The molecule has 2 aromatic heterocycles. The van der Waals surface area contributed by atoms with Gasteiger partial charge in [0.2, 0.25) is 5.78 Å². The number of ketones is 1. The van der Waals surface area contributed by atoms with Gasteiger partial charge in [0.05, 0.1) is 9.75 Å². The van der Waals surface area contributed by atoms with Gasteiger partial charge in [0.1, 0.15) is 0 Å². The molecule has 0 radical (unpaired) electrons. The fourth-order valence-corrected chi connectivity index (χ4v) is 5.39. The van der Waals surface area contributed by atoms with Crippen LogP contribution < -0.4 is 0 Å². The van der Waals surface area contributed by atoms with Crippen molar-refractivity contribution in [2.75, 3.05) is 0 Å². The van der Waals surface area contributed by atoms with Crippen molar-refractivity contribution in [2.24, 2.45) is 0 Å². The lowest BCUT2D eigenvalue weighted by Gasteiger charge is -2.08. The fourth-order valence-electron chi connectivity index (χ4n) is 3.29. The molecule has 28 heavy (non-hydrogen) atoms. The van der Waals surface area contributed by atoms with E-state index in [4.69, 9.17) is 0 Å². The second kappa shape index (κ2) is 7.93. The van der Waals surface area contributed by atoms with Crippen LogP contribution in [0.15, 0.2) is 84.6 Å². The van der Waals surface area contributed by atoms with Crippen LogP contribution in [-0.4, -0.2) is 5.78 Å². The van der Waals surface area contributed by atoms with E-state index in [0.29, 0.717) is 0 Å². The first-order valence-corrected chi connectivity index (χ1v) is 10.6. The molecule has 4 aromatic rings. The first kappa shape index (κ1) is 18.4. The van der Waals surface area contributed by atoms with Crippen LogP contribution >= 0.6 is 22.7 Å². The minimum Gasteiger partial charge on any atom is -0.287 e. The van der Waals surface area contributed by atoms with Crippen LogP contribution in [0.5, 0.6) is 0 Å². The Morgan fingerprint density at radius 3 is 1.43 bits per heavy atom. The quantitative estimate of drug-likeness (QED) is 0.305. The Morgan fingerprint density at radius 2 is 1.07 bits per heavy atom. The molecule has 0 fully saturated rings. The molecule has 2 aromatic carbocycles. The van der Waals surface area contributed by atoms with Crippen LogP contribution in [0.3, 0.4) is 0 Å². The summed E-state index contributed by atoms with van der Waals surface area (Å²) in [6.07, 6.45) is 3.63. The van der Waals surface area contributed by atoms with Crippen molar-refractivity contribution in [2.45, 2.75) is 0 Å². The highest BCUT2D eigenvalue weighted by Gasteiger charge is 2.24.